The summed E-state index contributed by atoms with van der Waals surface area (Å²) in [5.74, 6) is 1.02. The molecule has 0 heterocycles. The largest absolute Gasteiger partial charge is 0.467 e. The maximum Gasteiger partial charge on any atom is 0.188 e. The second kappa shape index (κ2) is 13.2. The molecular formula is C32H50NO2P. The van der Waals surface area contributed by atoms with Gasteiger partial charge in [0.2, 0.25) is 0 Å². The molecule has 2 aromatic rings. The van der Waals surface area contributed by atoms with Crippen LogP contribution in [0, 0.1) is 0 Å². The average Bonchev–Trinajstić information content (AvgIpc) is 2.82. The Morgan fingerprint density at radius 1 is 0.917 bits per heavy atom. The van der Waals surface area contributed by atoms with Crippen LogP contribution in [0.25, 0.3) is 0 Å². The molecule has 200 valence electrons. The molecule has 0 amide bonds. The van der Waals surface area contributed by atoms with Crippen LogP contribution in [0.4, 0.5) is 0 Å². The lowest BCUT2D eigenvalue weighted by Crippen LogP contribution is -2.28. The first-order chi connectivity index (χ1) is 16.9. The van der Waals surface area contributed by atoms with Crippen molar-refractivity contribution < 1.29 is 9.47 Å². The summed E-state index contributed by atoms with van der Waals surface area (Å²) in [5, 5.41) is 1.34. The van der Waals surface area contributed by atoms with E-state index >= 15 is 0 Å². The van der Waals surface area contributed by atoms with Crippen LogP contribution in [0.1, 0.15) is 110 Å². The molecule has 0 aliphatic heterocycles. The Balaban J connectivity index is 2.91. The third-order valence-corrected chi connectivity index (χ3v) is 9.09. The first kappa shape index (κ1) is 30.5. The second-order valence-corrected chi connectivity index (χ2v) is 13.7. The van der Waals surface area contributed by atoms with Gasteiger partial charge in [-0.3, -0.25) is 4.99 Å². The van der Waals surface area contributed by atoms with Crippen molar-refractivity contribution in [1.29, 1.82) is 0 Å². The number of rotatable bonds is 12. The van der Waals surface area contributed by atoms with Crippen molar-refractivity contribution in [2.75, 3.05) is 21.0 Å². The summed E-state index contributed by atoms with van der Waals surface area (Å²) < 4.78 is 11.9. The van der Waals surface area contributed by atoms with Crippen molar-refractivity contribution in [2.45, 2.75) is 103 Å². The summed E-state index contributed by atoms with van der Waals surface area (Å²) in [6, 6.07) is 13.6. The van der Waals surface area contributed by atoms with Crippen molar-refractivity contribution >= 4 is 20.1 Å². The van der Waals surface area contributed by atoms with Crippen molar-refractivity contribution in [2.24, 2.45) is 4.99 Å². The number of methoxy groups -OCH3 is 1. The predicted octanol–water partition coefficient (Wildman–Crippen LogP) is 8.50. The number of hydrogen-bond acceptors (Lipinski definition) is 3. The van der Waals surface area contributed by atoms with Gasteiger partial charge in [0.25, 0.3) is 0 Å². The smallest absolute Gasteiger partial charge is 0.188 e. The zero-order chi connectivity index (χ0) is 27.0. The van der Waals surface area contributed by atoms with Gasteiger partial charge >= 0.3 is 0 Å². The van der Waals surface area contributed by atoms with Crippen LogP contribution in [0.2, 0.25) is 0 Å². The van der Waals surface area contributed by atoms with E-state index in [0.717, 1.165) is 18.6 Å². The molecule has 4 heteroatoms. The molecule has 0 saturated heterocycles. The molecule has 0 bridgehead atoms. The Morgan fingerprint density at radius 2 is 1.58 bits per heavy atom. The minimum atomic E-state index is -0.0577. The van der Waals surface area contributed by atoms with Gasteiger partial charge in [-0.2, -0.15) is 0 Å². The molecule has 36 heavy (non-hydrogen) atoms. The molecule has 0 saturated carbocycles. The van der Waals surface area contributed by atoms with Crippen molar-refractivity contribution in [1.82, 2.24) is 0 Å². The van der Waals surface area contributed by atoms with Gasteiger partial charge in [-0.1, -0.05) is 120 Å². The van der Waals surface area contributed by atoms with Crippen LogP contribution >= 0.6 is 8.58 Å². The summed E-state index contributed by atoms with van der Waals surface area (Å²) in [4.78, 5) is 4.36. The highest BCUT2D eigenvalue weighted by molar-refractivity contribution is 7.48. The summed E-state index contributed by atoms with van der Waals surface area (Å²) in [7, 11) is 4.17. The Kier molecular flexibility index (Phi) is 11.2. The summed E-state index contributed by atoms with van der Waals surface area (Å²) in [6.45, 7) is 18.7. The highest BCUT2D eigenvalue weighted by Crippen LogP contribution is 2.54. The van der Waals surface area contributed by atoms with Gasteiger partial charge in [0.15, 0.2) is 6.79 Å². The van der Waals surface area contributed by atoms with Gasteiger partial charge in [0.05, 0.1) is 0 Å². The van der Waals surface area contributed by atoms with E-state index in [1.807, 2.05) is 13.3 Å². The Bertz CT molecular complexity index is 1000. The maximum atomic E-state index is 6.50. The van der Waals surface area contributed by atoms with Crippen LogP contribution in [0.5, 0.6) is 5.75 Å². The van der Waals surface area contributed by atoms with Crippen molar-refractivity contribution in [3.05, 3.63) is 58.7 Å². The Labute approximate surface area is 223 Å². The molecule has 2 rings (SSSR count). The molecule has 0 N–H and O–H groups in total. The third kappa shape index (κ3) is 7.65. The van der Waals surface area contributed by atoms with Crippen LogP contribution in [0.15, 0.2) is 41.4 Å². The number of ether oxygens (including phenoxy) is 2. The fourth-order valence-corrected chi connectivity index (χ4v) is 6.55. The van der Waals surface area contributed by atoms with Crippen LogP contribution < -0.4 is 10.0 Å². The highest BCUT2D eigenvalue weighted by Gasteiger charge is 2.37. The number of hydrogen-bond donors (Lipinski definition) is 0. The molecular weight excluding hydrogens is 461 g/mol. The normalized spacial score (nSPS) is 14.6. The topological polar surface area (TPSA) is 30.8 Å². The minimum absolute atomic E-state index is 0.0306. The Hall–Kier alpha value is -1.70. The van der Waals surface area contributed by atoms with Crippen LogP contribution in [-0.4, -0.2) is 27.2 Å². The fraction of sp³-hybridized carbons (Fsp3) is 0.594. The van der Waals surface area contributed by atoms with E-state index < -0.39 is 0 Å². The van der Waals surface area contributed by atoms with E-state index in [0.29, 0.717) is 8.58 Å². The van der Waals surface area contributed by atoms with Gasteiger partial charge in [0.1, 0.15) is 5.75 Å². The monoisotopic (exact) mass is 511 g/mol. The predicted molar refractivity (Wildman–Crippen MR) is 160 cm³/mol. The number of nitrogens with zero attached hydrogens (tertiary/aromatic N) is 1. The lowest BCUT2D eigenvalue weighted by molar-refractivity contribution is 0.0485. The maximum absolute atomic E-state index is 6.50. The standard InChI is InChI=1S/C32H50NO2P/c1-11-13-16-19-32(12-2,36-28-18-15-14-17-24(28)22-33-9)27-21-25(30(3,4)5)20-26(31(6,7)8)29(27)35-23-34-10/h14-15,17-18,20-22,36H,11-13,16,19,23H2,1-10H3. The molecule has 2 aromatic carbocycles. The van der Waals surface area contributed by atoms with Gasteiger partial charge in [-0.15, -0.1) is 0 Å². The molecule has 0 fully saturated rings. The van der Waals surface area contributed by atoms with Crippen molar-refractivity contribution in [3.8, 4) is 5.75 Å². The zero-order valence-electron chi connectivity index (χ0n) is 24.5. The fourth-order valence-electron chi connectivity index (χ4n) is 4.76. The third-order valence-electron chi connectivity index (χ3n) is 7.01. The molecule has 0 aromatic heterocycles. The van der Waals surface area contributed by atoms with E-state index in [1.165, 1.54) is 46.8 Å². The van der Waals surface area contributed by atoms with Crippen LogP contribution in [0.3, 0.4) is 0 Å². The average molecular weight is 512 g/mol. The summed E-state index contributed by atoms with van der Waals surface area (Å²) in [6.07, 6.45) is 7.84. The lowest BCUT2D eigenvalue weighted by Gasteiger charge is -2.39. The molecule has 0 aliphatic rings. The zero-order valence-corrected chi connectivity index (χ0v) is 25.5. The lowest BCUT2D eigenvalue weighted by atomic mass is 9.76. The molecule has 2 unspecified atom stereocenters. The van der Waals surface area contributed by atoms with E-state index in [9.17, 15) is 0 Å². The minimum Gasteiger partial charge on any atom is -0.467 e. The van der Waals surface area contributed by atoms with Gasteiger partial charge in [0, 0.05) is 36.7 Å². The van der Waals surface area contributed by atoms with Crippen LogP contribution in [-0.2, 0) is 20.7 Å². The number of aliphatic imine (C=N–C) groups is 1. The van der Waals surface area contributed by atoms with Gasteiger partial charge < -0.3 is 9.47 Å². The van der Waals surface area contributed by atoms with E-state index in [-0.39, 0.29) is 22.8 Å². The van der Waals surface area contributed by atoms with E-state index in [2.05, 4.69) is 96.8 Å². The molecule has 0 radical (unpaired) electrons. The molecule has 0 aliphatic carbocycles. The van der Waals surface area contributed by atoms with E-state index in [4.69, 9.17) is 9.47 Å². The molecule has 0 spiro atoms. The molecule has 2 atom stereocenters. The summed E-state index contributed by atoms with van der Waals surface area (Å²) >= 11 is 0. The molecule has 3 nitrogen and oxygen atoms in total. The van der Waals surface area contributed by atoms with Gasteiger partial charge in [-0.05, 0) is 40.1 Å². The summed E-state index contributed by atoms with van der Waals surface area (Å²) in [5.41, 5.74) is 5.17. The van der Waals surface area contributed by atoms with E-state index in [1.54, 1.807) is 7.11 Å². The van der Waals surface area contributed by atoms with Gasteiger partial charge in [-0.25, -0.2) is 0 Å². The SMILES string of the molecule is CCCCCC(CC)(Pc1ccccc1C=NC)c1cc(C(C)(C)C)cc(C(C)(C)C)c1OCOC. The first-order valence-corrected chi connectivity index (χ1v) is 14.5. The first-order valence-electron chi connectivity index (χ1n) is 13.5. The Morgan fingerprint density at radius 3 is 2.14 bits per heavy atom. The number of benzene rings is 2. The highest BCUT2D eigenvalue weighted by atomic mass is 31.1. The quantitative estimate of drug-likeness (QED) is 0.124. The number of unbranched alkanes of at least 4 members (excludes halogenated alkanes) is 2. The van der Waals surface area contributed by atoms with Crippen molar-refractivity contribution in [3.63, 3.8) is 0 Å². The second-order valence-electron chi connectivity index (χ2n) is 11.9.